The fourth-order valence-electron chi connectivity index (χ4n) is 2.16. The summed E-state index contributed by atoms with van der Waals surface area (Å²) in [7, 11) is 3.11. The first-order valence-corrected chi connectivity index (χ1v) is 6.70. The largest absolute Gasteiger partial charge is 0.382 e. The Morgan fingerprint density at radius 3 is 2.55 bits per heavy atom. The van der Waals surface area contributed by atoms with Crippen LogP contribution in [0.25, 0.3) is 11.0 Å². The van der Waals surface area contributed by atoms with Crippen LogP contribution in [0.5, 0.6) is 0 Å². The molecule has 0 aliphatic carbocycles. The predicted octanol–water partition coefficient (Wildman–Crippen LogP) is 1.15. The van der Waals surface area contributed by atoms with Gasteiger partial charge in [-0.15, -0.1) is 0 Å². The summed E-state index contributed by atoms with van der Waals surface area (Å²) in [5.74, 6) is 0. The Bertz CT molecular complexity index is 773. The average molecular weight is 276 g/mol. The first-order valence-electron chi connectivity index (χ1n) is 6.70. The van der Waals surface area contributed by atoms with Crippen LogP contribution in [0.3, 0.4) is 0 Å². The molecule has 1 N–H and O–H groups in total. The lowest BCUT2D eigenvalue weighted by molar-refractivity contribution is 0.706. The lowest BCUT2D eigenvalue weighted by atomic mass is 10.1. The Morgan fingerprint density at radius 1 is 1.30 bits per heavy atom. The molecule has 2 aromatic rings. The highest BCUT2D eigenvalue weighted by Crippen LogP contribution is 2.22. The smallest absolute Gasteiger partial charge is 0.332 e. The number of rotatable bonds is 3. The topological polar surface area (TPSA) is 68.9 Å². The van der Waals surface area contributed by atoms with Gasteiger partial charge in [-0.25, -0.2) is 9.78 Å². The summed E-state index contributed by atoms with van der Waals surface area (Å²) >= 11 is 0. The Balaban J connectivity index is 2.91. The van der Waals surface area contributed by atoms with Gasteiger partial charge in [-0.1, -0.05) is 6.92 Å². The number of fused-ring (bicyclic) bond motifs is 1. The van der Waals surface area contributed by atoms with Gasteiger partial charge in [0.25, 0.3) is 5.56 Å². The van der Waals surface area contributed by atoms with Crippen LogP contribution < -0.4 is 16.6 Å². The molecule has 20 heavy (non-hydrogen) atoms. The van der Waals surface area contributed by atoms with E-state index >= 15 is 0 Å². The molecular formula is C14H20N4O2. The van der Waals surface area contributed by atoms with Crippen LogP contribution in [0.1, 0.15) is 25.8 Å². The van der Waals surface area contributed by atoms with Crippen molar-refractivity contribution in [3.8, 4) is 0 Å². The van der Waals surface area contributed by atoms with E-state index in [-0.39, 0.29) is 17.3 Å². The number of hydrogen-bond donors (Lipinski definition) is 1. The minimum atomic E-state index is -0.367. The van der Waals surface area contributed by atoms with E-state index in [1.54, 1.807) is 13.2 Å². The molecule has 1 unspecified atom stereocenters. The van der Waals surface area contributed by atoms with Gasteiger partial charge < -0.3 is 5.32 Å². The van der Waals surface area contributed by atoms with E-state index in [0.717, 1.165) is 22.2 Å². The number of aryl methyl sites for hydroxylation is 2. The summed E-state index contributed by atoms with van der Waals surface area (Å²) in [6.45, 7) is 6.03. The normalized spacial score (nSPS) is 12.7. The molecule has 0 radical (unpaired) electrons. The molecule has 2 heterocycles. The summed E-state index contributed by atoms with van der Waals surface area (Å²) < 4.78 is 2.52. The highest BCUT2D eigenvalue weighted by molar-refractivity contribution is 5.90. The van der Waals surface area contributed by atoms with Crippen LogP contribution in [0.2, 0.25) is 0 Å². The summed E-state index contributed by atoms with van der Waals surface area (Å²) in [4.78, 5) is 28.6. The van der Waals surface area contributed by atoms with Gasteiger partial charge in [-0.05, 0) is 25.8 Å². The van der Waals surface area contributed by atoms with Gasteiger partial charge in [-0.2, -0.15) is 0 Å². The van der Waals surface area contributed by atoms with Crippen molar-refractivity contribution in [2.24, 2.45) is 14.1 Å². The van der Waals surface area contributed by atoms with Gasteiger partial charge >= 0.3 is 5.69 Å². The van der Waals surface area contributed by atoms with Crippen molar-refractivity contribution in [3.05, 3.63) is 32.6 Å². The summed E-state index contributed by atoms with van der Waals surface area (Å²) in [6.07, 6.45) is 2.63. The number of nitrogens with one attached hydrogen (secondary N) is 1. The molecule has 0 aliphatic heterocycles. The molecule has 1 atom stereocenters. The molecule has 0 aromatic carbocycles. The van der Waals surface area contributed by atoms with Crippen molar-refractivity contribution in [2.45, 2.75) is 33.2 Å². The van der Waals surface area contributed by atoms with E-state index in [4.69, 9.17) is 0 Å². The van der Waals surface area contributed by atoms with E-state index in [2.05, 4.69) is 24.1 Å². The second-order valence-electron chi connectivity index (χ2n) is 5.17. The van der Waals surface area contributed by atoms with Crippen LogP contribution in [-0.2, 0) is 14.1 Å². The number of nitrogens with zero attached hydrogens (tertiary/aromatic N) is 3. The third-order valence-corrected chi connectivity index (χ3v) is 3.66. The first-order chi connectivity index (χ1) is 9.38. The highest BCUT2D eigenvalue weighted by atomic mass is 16.2. The number of anilines is 1. The standard InChI is InChI=1S/C14H20N4O2/c1-6-9(3)16-11-8(2)7-15-12-10(11)13(19)18(5)14(20)17(12)4/h7,9H,6H2,1-5H3,(H,15,16). The number of pyridine rings is 1. The van der Waals surface area contributed by atoms with Crippen LogP contribution in [-0.4, -0.2) is 20.2 Å². The molecule has 0 saturated carbocycles. The monoisotopic (exact) mass is 276 g/mol. The van der Waals surface area contributed by atoms with Gasteiger partial charge in [0.15, 0.2) is 5.65 Å². The third kappa shape index (κ3) is 2.11. The molecule has 6 heteroatoms. The molecule has 0 spiro atoms. The quantitative estimate of drug-likeness (QED) is 0.913. The summed E-state index contributed by atoms with van der Waals surface area (Å²) in [5, 5.41) is 3.82. The number of aromatic nitrogens is 3. The lowest BCUT2D eigenvalue weighted by Crippen LogP contribution is -2.38. The van der Waals surface area contributed by atoms with Gasteiger partial charge in [0, 0.05) is 26.3 Å². The highest BCUT2D eigenvalue weighted by Gasteiger charge is 2.16. The van der Waals surface area contributed by atoms with Crippen molar-refractivity contribution in [1.29, 1.82) is 0 Å². The molecule has 0 saturated heterocycles. The van der Waals surface area contributed by atoms with Crippen molar-refractivity contribution >= 4 is 16.7 Å². The average Bonchev–Trinajstić information content (AvgIpc) is 2.44. The maximum atomic E-state index is 12.4. The fourth-order valence-corrected chi connectivity index (χ4v) is 2.16. The van der Waals surface area contributed by atoms with Gasteiger partial charge in [-0.3, -0.25) is 13.9 Å². The van der Waals surface area contributed by atoms with Gasteiger partial charge in [0.1, 0.15) is 5.39 Å². The zero-order chi connectivity index (χ0) is 15.0. The molecule has 0 amide bonds. The first kappa shape index (κ1) is 14.3. The van der Waals surface area contributed by atoms with E-state index in [1.807, 2.05) is 6.92 Å². The summed E-state index contributed by atoms with van der Waals surface area (Å²) in [5.41, 5.74) is 1.39. The number of hydrogen-bond acceptors (Lipinski definition) is 4. The minimum absolute atomic E-state index is 0.237. The second-order valence-corrected chi connectivity index (χ2v) is 5.17. The second kappa shape index (κ2) is 5.11. The van der Waals surface area contributed by atoms with Crippen LogP contribution in [0, 0.1) is 6.92 Å². The fraction of sp³-hybridized carbons (Fsp3) is 0.500. The third-order valence-electron chi connectivity index (χ3n) is 3.66. The molecule has 6 nitrogen and oxygen atoms in total. The van der Waals surface area contributed by atoms with Crippen molar-refractivity contribution in [3.63, 3.8) is 0 Å². The molecule has 0 fully saturated rings. The zero-order valence-corrected chi connectivity index (χ0v) is 12.5. The van der Waals surface area contributed by atoms with Gasteiger partial charge in [0.05, 0.1) is 5.69 Å². The Kier molecular flexibility index (Phi) is 3.65. The Hall–Kier alpha value is -2.11. The van der Waals surface area contributed by atoms with Crippen molar-refractivity contribution in [2.75, 3.05) is 5.32 Å². The van der Waals surface area contributed by atoms with Gasteiger partial charge in [0.2, 0.25) is 0 Å². The molecular weight excluding hydrogens is 256 g/mol. The maximum Gasteiger partial charge on any atom is 0.332 e. The van der Waals surface area contributed by atoms with E-state index in [1.165, 1.54) is 11.6 Å². The molecule has 2 aromatic heterocycles. The van der Waals surface area contributed by atoms with Crippen molar-refractivity contribution in [1.82, 2.24) is 14.1 Å². The molecule has 108 valence electrons. The van der Waals surface area contributed by atoms with E-state index < -0.39 is 0 Å². The summed E-state index contributed by atoms with van der Waals surface area (Å²) in [6, 6.07) is 0.237. The molecule has 0 bridgehead atoms. The lowest BCUT2D eigenvalue weighted by Gasteiger charge is -2.18. The minimum Gasteiger partial charge on any atom is -0.382 e. The zero-order valence-electron chi connectivity index (χ0n) is 12.5. The Morgan fingerprint density at radius 2 is 1.95 bits per heavy atom. The SMILES string of the molecule is CCC(C)Nc1c(C)cnc2c1c(=O)n(C)c(=O)n2C. The maximum absolute atomic E-state index is 12.4. The predicted molar refractivity (Wildman–Crippen MR) is 80.3 cm³/mol. The van der Waals surface area contributed by atoms with Crippen LogP contribution >= 0.6 is 0 Å². The van der Waals surface area contributed by atoms with E-state index in [9.17, 15) is 9.59 Å². The Labute approximate surface area is 117 Å². The van der Waals surface area contributed by atoms with Crippen molar-refractivity contribution < 1.29 is 0 Å². The molecule has 2 rings (SSSR count). The van der Waals surface area contributed by atoms with Crippen LogP contribution in [0.15, 0.2) is 15.8 Å². The molecule has 0 aliphatic rings. The van der Waals surface area contributed by atoms with Crippen LogP contribution in [0.4, 0.5) is 5.69 Å². The van der Waals surface area contributed by atoms with E-state index in [0.29, 0.717) is 11.0 Å².